The predicted molar refractivity (Wildman–Crippen MR) is 45.1 cm³/mol. The molecule has 0 saturated carbocycles. The van der Waals surface area contributed by atoms with Gasteiger partial charge in [-0.2, -0.15) is 35.4 Å². The first kappa shape index (κ1) is 13.0. The third kappa shape index (κ3) is 4.19. The van der Waals surface area contributed by atoms with Gasteiger partial charge in [0.25, 0.3) is 0 Å². The maximum atomic E-state index is 3.03. The van der Waals surface area contributed by atoms with E-state index in [2.05, 4.69) is 26.0 Å². The van der Waals surface area contributed by atoms with E-state index < -0.39 is 0 Å². The van der Waals surface area contributed by atoms with Gasteiger partial charge in [0, 0.05) is 19.5 Å². The zero-order chi connectivity index (χ0) is 5.98. The molecule has 0 aliphatic rings. The van der Waals surface area contributed by atoms with Crippen LogP contribution in [0.15, 0.2) is 18.2 Å². The zero-order valence-electron chi connectivity index (χ0n) is 6.35. The second-order valence-electron chi connectivity index (χ2n) is 2.09. The number of hydrogen-bond acceptors (Lipinski definition) is 0. The first-order valence-corrected chi connectivity index (χ1v) is 2.73. The minimum atomic E-state index is 0. The smallest absolute Gasteiger partial charge is 0 e. The van der Waals surface area contributed by atoms with Gasteiger partial charge in [-0.05, 0) is 0 Å². The maximum Gasteiger partial charge on any atom is 0 e. The Balaban J connectivity index is 0. The van der Waals surface area contributed by atoms with Crippen molar-refractivity contribution in [3.63, 3.8) is 0 Å². The van der Waals surface area contributed by atoms with E-state index in [1.807, 2.05) is 12.1 Å². The van der Waals surface area contributed by atoms with Crippen LogP contribution in [-0.2, 0) is 19.5 Å². The molecule has 0 saturated heterocycles. The molecule has 0 N–H and O–H groups in total. The molecule has 0 aromatic heterocycles. The van der Waals surface area contributed by atoms with Crippen molar-refractivity contribution in [3.8, 4) is 0 Å². The Kier molecular flexibility index (Phi) is 7.85. The van der Waals surface area contributed by atoms with Gasteiger partial charge >= 0.3 is 0 Å². The standard InChI is InChI=1S/C8H9.BrH.Zn/c1-7-4-3-5-8(2)6-7;;/h4-6H,1-2H3;1H;/q-1;;. The van der Waals surface area contributed by atoms with E-state index in [-0.39, 0.29) is 36.5 Å². The van der Waals surface area contributed by atoms with Crippen molar-refractivity contribution in [3.05, 3.63) is 35.4 Å². The van der Waals surface area contributed by atoms with Gasteiger partial charge in [0.1, 0.15) is 0 Å². The summed E-state index contributed by atoms with van der Waals surface area (Å²) in [6.45, 7) is 4.15. The molecule has 0 fully saturated rings. The summed E-state index contributed by atoms with van der Waals surface area (Å²) in [4.78, 5) is 0. The molecule has 2 heteroatoms. The molecule has 1 rings (SSSR count). The summed E-state index contributed by atoms with van der Waals surface area (Å²) in [6.07, 6.45) is 0. The van der Waals surface area contributed by atoms with E-state index in [0.29, 0.717) is 0 Å². The summed E-state index contributed by atoms with van der Waals surface area (Å²) in [6, 6.07) is 9.12. The van der Waals surface area contributed by atoms with Gasteiger partial charge in [0.2, 0.25) is 0 Å². The molecule has 0 aliphatic carbocycles. The van der Waals surface area contributed by atoms with E-state index in [1.54, 1.807) is 0 Å². The normalized spacial score (nSPS) is 7.40. The molecular weight excluding hydrogens is 241 g/mol. The van der Waals surface area contributed by atoms with E-state index in [4.69, 9.17) is 0 Å². The van der Waals surface area contributed by atoms with Gasteiger partial charge in [0.05, 0.1) is 0 Å². The Morgan fingerprint density at radius 1 is 1.10 bits per heavy atom. The van der Waals surface area contributed by atoms with Crippen molar-refractivity contribution in [1.82, 2.24) is 0 Å². The van der Waals surface area contributed by atoms with Crippen LogP contribution in [0, 0.1) is 19.9 Å². The molecule has 1 aromatic rings. The molecule has 0 unspecified atom stereocenters. The largest absolute Gasteiger partial charge is 0.183 e. The van der Waals surface area contributed by atoms with Crippen molar-refractivity contribution < 1.29 is 19.5 Å². The van der Waals surface area contributed by atoms with Crippen LogP contribution in [0.25, 0.3) is 0 Å². The molecule has 0 atom stereocenters. The topological polar surface area (TPSA) is 0 Å². The third-order valence-corrected chi connectivity index (χ3v) is 1.08. The number of rotatable bonds is 0. The Morgan fingerprint density at radius 2 is 1.50 bits per heavy atom. The Bertz CT molecular complexity index is 169. The van der Waals surface area contributed by atoms with Crippen molar-refractivity contribution in [2.45, 2.75) is 13.8 Å². The van der Waals surface area contributed by atoms with Crippen LogP contribution in [0.4, 0.5) is 0 Å². The predicted octanol–water partition coefficient (Wildman–Crippen LogP) is 2.68. The summed E-state index contributed by atoms with van der Waals surface area (Å²) in [7, 11) is 0. The van der Waals surface area contributed by atoms with Crippen LogP contribution < -0.4 is 0 Å². The molecule has 0 amide bonds. The molecule has 0 nitrogen and oxygen atoms in total. The van der Waals surface area contributed by atoms with Gasteiger partial charge in [0.15, 0.2) is 0 Å². The van der Waals surface area contributed by atoms with Crippen LogP contribution in [0.3, 0.4) is 0 Å². The Labute approximate surface area is 85.6 Å². The average molecular weight is 251 g/mol. The van der Waals surface area contributed by atoms with Crippen LogP contribution in [0.5, 0.6) is 0 Å². The molecule has 0 heterocycles. The number of halogens is 1. The van der Waals surface area contributed by atoms with Gasteiger partial charge in [-0.15, -0.1) is 17.0 Å². The monoisotopic (exact) mass is 249 g/mol. The molecule has 1 aromatic carbocycles. The van der Waals surface area contributed by atoms with Crippen LogP contribution in [0.1, 0.15) is 11.1 Å². The molecule has 52 valence electrons. The van der Waals surface area contributed by atoms with E-state index in [1.165, 1.54) is 11.1 Å². The fourth-order valence-electron chi connectivity index (χ4n) is 0.747. The second kappa shape index (κ2) is 6.06. The third-order valence-electron chi connectivity index (χ3n) is 1.08. The first-order valence-electron chi connectivity index (χ1n) is 2.73. The van der Waals surface area contributed by atoms with Crippen LogP contribution in [0.2, 0.25) is 0 Å². The molecule has 10 heavy (non-hydrogen) atoms. The van der Waals surface area contributed by atoms with Crippen LogP contribution in [-0.4, -0.2) is 0 Å². The molecular formula is C8H10BrZn-. The van der Waals surface area contributed by atoms with E-state index >= 15 is 0 Å². The van der Waals surface area contributed by atoms with Gasteiger partial charge < -0.3 is 0 Å². The van der Waals surface area contributed by atoms with Crippen molar-refractivity contribution in [1.29, 1.82) is 0 Å². The van der Waals surface area contributed by atoms with Gasteiger partial charge in [-0.1, -0.05) is 13.8 Å². The fraction of sp³-hybridized carbons (Fsp3) is 0.250. The number of benzene rings is 1. The average Bonchev–Trinajstić information content (AvgIpc) is 1.64. The summed E-state index contributed by atoms with van der Waals surface area (Å²) in [5.41, 5.74) is 2.56. The summed E-state index contributed by atoms with van der Waals surface area (Å²) in [5.74, 6) is 0. The molecule has 0 radical (unpaired) electrons. The second-order valence-corrected chi connectivity index (χ2v) is 2.09. The quantitative estimate of drug-likeness (QED) is 0.491. The first-order chi connectivity index (χ1) is 3.79. The minimum Gasteiger partial charge on any atom is -0.183 e. The maximum absolute atomic E-state index is 3.03. The number of hydrogen-bond donors (Lipinski definition) is 0. The van der Waals surface area contributed by atoms with Crippen molar-refractivity contribution in [2.75, 3.05) is 0 Å². The minimum absolute atomic E-state index is 0. The van der Waals surface area contributed by atoms with Gasteiger partial charge in [-0.25, -0.2) is 0 Å². The summed E-state index contributed by atoms with van der Waals surface area (Å²) < 4.78 is 0. The molecule has 0 spiro atoms. The van der Waals surface area contributed by atoms with E-state index in [9.17, 15) is 0 Å². The molecule has 0 aliphatic heterocycles. The fourth-order valence-corrected chi connectivity index (χ4v) is 0.747. The number of aryl methyl sites for hydroxylation is 2. The Morgan fingerprint density at radius 3 is 1.70 bits per heavy atom. The summed E-state index contributed by atoms with van der Waals surface area (Å²) in [5, 5.41) is 0. The zero-order valence-corrected chi connectivity index (χ0v) is 11.0. The van der Waals surface area contributed by atoms with Crippen molar-refractivity contribution >= 4 is 17.0 Å². The summed E-state index contributed by atoms with van der Waals surface area (Å²) >= 11 is 0. The van der Waals surface area contributed by atoms with Crippen LogP contribution >= 0.6 is 17.0 Å². The van der Waals surface area contributed by atoms with Crippen molar-refractivity contribution in [2.24, 2.45) is 0 Å². The molecule has 0 bridgehead atoms. The van der Waals surface area contributed by atoms with E-state index in [0.717, 1.165) is 0 Å². The SMILES string of the molecule is Br.Cc1c[c-]cc(C)c1.[Zn]. The van der Waals surface area contributed by atoms with Gasteiger partial charge in [-0.3, -0.25) is 0 Å². The Hall–Kier alpha value is 0.323.